The predicted molar refractivity (Wildman–Crippen MR) is 140 cm³/mol. The molecule has 2 aliphatic rings. The number of methoxy groups -OCH3 is 2. The summed E-state index contributed by atoms with van der Waals surface area (Å²) in [5.41, 5.74) is 2.98. The smallest absolute Gasteiger partial charge is 0.435 e. The molecule has 1 fully saturated rings. The van der Waals surface area contributed by atoms with E-state index in [1.807, 2.05) is 48.5 Å². The van der Waals surface area contributed by atoms with Crippen LogP contribution in [-0.4, -0.2) is 40.6 Å². The molecule has 39 heavy (non-hydrogen) atoms. The first kappa shape index (κ1) is 26.5. The third kappa shape index (κ3) is 5.41. The molecule has 1 aliphatic carbocycles. The average Bonchev–Trinajstić information content (AvgIpc) is 3.50. The van der Waals surface area contributed by atoms with Crippen molar-refractivity contribution in [3.63, 3.8) is 0 Å². The van der Waals surface area contributed by atoms with Crippen molar-refractivity contribution in [1.82, 2.24) is 14.8 Å². The van der Waals surface area contributed by atoms with Gasteiger partial charge in [-0.3, -0.25) is 9.48 Å². The topological polar surface area (TPSA) is 69.0 Å². The van der Waals surface area contributed by atoms with Crippen LogP contribution in [0.25, 0.3) is 6.08 Å². The SMILES string of the molecule is COc1ccc(/C=C2\CCC[C@@H]3C2=NN(C(=O)Cn2nc(C(F)(F)F)cc2C)[C@H]3c2ccc(OC)cc2)cc1. The van der Waals surface area contributed by atoms with E-state index in [-0.39, 0.29) is 18.2 Å². The largest absolute Gasteiger partial charge is 0.497 e. The summed E-state index contributed by atoms with van der Waals surface area (Å²) in [7, 11) is 3.20. The summed E-state index contributed by atoms with van der Waals surface area (Å²) in [6.45, 7) is 1.15. The normalized spacial score (nSPS) is 20.1. The minimum atomic E-state index is -4.59. The second-order valence-corrected chi connectivity index (χ2v) is 9.71. The zero-order chi connectivity index (χ0) is 27.7. The molecule has 7 nitrogen and oxygen atoms in total. The lowest BCUT2D eigenvalue weighted by Crippen LogP contribution is -2.34. The number of ether oxygens (including phenoxy) is 2. The third-order valence-electron chi connectivity index (χ3n) is 7.23. The van der Waals surface area contributed by atoms with Gasteiger partial charge in [0, 0.05) is 11.6 Å². The first-order valence-electron chi connectivity index (χ1n) is 12.7. The Balaban J connectivity index is 1.50. The summed E-state index contributed by atoms with van der Waals surface area (Å²) in [5, 5.41) is 9.90. The number of hydrogen-bond acceptors (Lipinski definition) is 5. The van der Waals surface area contributed by atoms with Crippen LogP contribution in [0.5, 0.6) is 11.5 Å². The van der Waals surface area contributed by atoms with Gasteiger partial charge in [-0.25, -0.2) is 5.01 Å². The molecule has 2 aromatic carbocycles. The van der Waals surface area contributed by atoms with E-state index in [9.17, 15) is 18.0 Å². The molecule has 0 saturated heterocycles. The summed E-state index contributed by atoms with van der Waals surface area (Å²) < 4.78 is 51.3. The summed E-state index contributed by atoms with van der Waals surface area (Å²) in [5.74, 6) is 0.966. The average molecular weight is 539 g/mol. The van der Waals surface area contributed by atoms with Crippen LogP contribution in [0.4, 0.5) is 13.2 Å². The summed E-state index contributed by atoms with van der Waals surface area (Å²) in [4.78, 5) is 13.6. The molecule has 0 N–H and O–H groups in total. The minimum Gasteiger partial charge on any atom is -0.497 e. The van der Waals surface area contributed by atoms with Gasteiger partial charge in [0.05, 0.1) is 26.0 Å². The van der Waals surface area contributed by atoms with Gasteiger partial charge < -0.3 is 9.47 Å². The Bertz CT molecular complexity index is 1410. The number of amides is 1. The second-order valence-electron chi connectivity index (χ2n) is 9.71. The van der Waals surface area contributed by atoms with Gasteiger partial charge in [-0.15, -0.1) is 0 Å². The fourth-order valence-electron chi connectivity index (χ4n) is 5.25. The lowest BCUT2D eigenvalue weighted by Gasteiger charge is -2.29. The molecule has 1 amide bonds. The first-order valence-corrected chi connectivity index (χ1v) is 12.7. The van der Waals surface area contributed by atoms with Crippen LogP contribution in [0.15, 0.2) is 65.3 Å². The molecule has 2 heterocycles. The van der Waals surface area contributed by atoms with E-state index in [0.717, 1.165) is 58.2 Å². The summed E-state index contributed by atoms with van der Waals surface area (Å²) in [6.07, 6.45) is 0.0587. The van der Waals surface area contributed by atoms with Gasteiger partial charge in [0.2, 0.25) is 0 Å². The number of aryl methyl sites for hydroxylation is 1. The Morgan fingerprint density at radius 3 is 2.28 bits per heavy atom. The molecule has 0 radical (unpaired) electrons. The van der Waals surface area contributed by atoms with Crippen LogP contribution < -0.4 is 9.47 Å². The Hall–Kier alpha value is -4.08. The van der Waals surface area contributed by atoms with E-state index in [1.54, 1.807) is 14.2 Å². The van der Waals surface area contributed by atoms with E-state index in [0.29, 0.717) is 5.75 Å². The molecular weight excluding hydrogens is 509 g/mol. The molecule has 204 valence electrons. The number of allylic oxidation sites excluding steroid dienone is 1. The molecule has 0 spiro atoms. The number of hydrazone groups is 1. The van der Waals surface area contributed by atoms with Crippen molar-refractivity contribution in [3.05, 3.63) is 82.7 Å². The number of nitrogens with zero attached hydrogens (tertiary/aromatic N) is 4. The van der Waals surface area contributed by atoms with Crippen LogP contribution in [0.1, 0.15) is 47.8 Å². The highest BCUT2D eigenvalue weighted by Crippen LogP contribution is 2.45. The van der Waals surface area contributed by atoms with Crippen molar-refractivity contribution < 1.29 is 27.4 Å². The number of carbonyl (C=O) groups is 1. The third-order valence-corrected chi connectivity index (χ3v) is 7.23. The van der Waals surface area contributed by atoms with Gasteiger partial charge in [-0.05, 0) is 79.3 Å². The highest BCUT2D eigenvalue weighted by atomic mass is 19.4. The fraction of sp³-hybridized carbons (Fsp3) is 0.345. The number of benzene rings is 2. The number of fused-ring (bicyclic) bond motifs is 1. The maximum Gasteiger partial charge on any atom is 0.435 e. The quantitative estimate of drug-likeness (QED) is 0.383. The number of hydrogen-bond donors (Lipinski definition) is 0. The molecule has 5 rings (SSSR count). The molecule has 3 aromatic rings. The van der Waals surface area contributed by atoms with Crippen LogP contribution in [-0.2, 0) is 17.5 Å². The lowest BCUT2D eigenvalue weighted by atomic mass is 9.77. The van der Waals surface area contributed by atoms with Crippen LogP contribution in [0.3, 0.4) is 0 Å². The highest BCUT2D eigenvalue weighted by molar-refractivity contribution is 6.08. The number of halogens is 3. The van der Waals surface area contributed by atoms with Gasteiger partial charge >= 0.3 is 6.18 Å². The number of alkyl halides is 3. The monoisotopic (exact) mass is 538 g/mol. The zero-order valence-corrected chi connectivity index (χ0v) is 21.9. The number of aromatic nitrogens is 2. The van der Waals surface area contributed by atoms with Crippen molar-refractivity contribution in [3.8, 4) is 11.5 Å². The van der Waals surface area contributed by atoms with Crippen LogP contribution in [0.2, 0.25) is 0 Å². The minimum absolute atomic E-state index is 0.0509. The maximum atomic E-state index is 13.6. The number of carbonyl (C=O) groups excluding carboxylic acids is 1. The maximum absolute atomic E-state index is 13.6. The van der Waals surface area contributed by atoms with E-state index in [1.165, 1.54) is 11.9 Å². The van der Waals surface area contributed by atoms with Crippen molar-refractivity contribution in [2.45, 2.75) is 44.9 Å². The van der Waals surface area contributed by atoms with Gasteiger partial charge in [0.25, 0.3) is 5.91 Å². The van der Waals surface area contributed by atoms with Gasteiger partial charge in [-0.1, -0.05) is 24.3 Å². The van der Waals surface area contributed by atoms with Crippen molar-refractivity contribution in [1.29, 1.82) is 0 Å². The standard InChI is InChI=1S/C29H29F3N4O3/c1-18-15-25(29(30,31)32)33-35(18)17-26(37)36-28(20-9-13-23(39-3)14-10-20)24-6-4-5-21(27(24)34-36)16-19-7-11-22(38-2)12-8-19/h7-16,24,28H,4-6,17H2,1-3H3/b21-16+/t24-,28+/m1/s1. The molecular formula is C29H29F3N4O3. The molecule has 1 saturated carbocycles. The molecule has 0 unspecified atom stereocenters. The summed E-state index contributed by atoms with van der Waals surface area (Å²) in [6, 6.07) is 15.7. The molecule has 10 heteroatoms. The van der Waals surface area contributed by atoms with Gasteiger partial charge in [0.15, 0.2) is 5.69 Å². The van der Waals surface area contributed by atoms with Crippen LogP contribution in [0, 0.1) is 12.8 Å². The molecule has 1 aromatic heterocycles. The Morgan fingerprint density at radius 2 is 1.69 bits per heavy atom. The first-order chi connectivity index (χ1) is 18.7. The van der Waals surface area contributed by atoms with Crippen molar-refractivity contribution in [2.24, 2.45) is 11.0 Å². The molecule has 1 aliphatic heterocycles. The van der Waals surface area contributed by atoms with Crippen LogP contribution >= 0.6 is 0 Å². The molecule has 2 atom stereocenters. The van der Waals surface area contributed by atoms with Crippen molar-refractivity contribution in [2.75, 3.05) is 14.2 Å². The van der Waals surface area contributed by atoms with Gasteiger partial charge in [-0.2, -0.15) is 23.4 Å². The van der Waals surface area contributed by atoms with E-state index in [2.05, 4.69) is 11.2 Å². The van der Waals surface area contributed by atoms with Crippen molar-refractivity contribution >= 4 is 17.7 Å². The van der Waals surface area contributed by atoms with E-state index < -0.39 is 23.8 Å². The second kappa shape index (κ2) is 10.6. The van der Waals surface area contributed by atoms with E-state index in [4.69, 9.17) is 14.6 Å². The predicted octanol–water partition coefficient (Wildman–Crippen LogP) is 6.05. The number of rotatable bonds is 6. The van der Waals surface area contributed by atoms with E-state index >= 15 is 0 Å². The zero-order valence-electron chi connectivity index (χ0n) is 21.9. The Morgan fingerprint density at radius 1 is 1.05 bits per heavy atom. The highest BCUT2D eigenvalue weighted by Gasteiger charge is 2.44. The summed E-state index contributed by atoms with van der Waals surface area (Å²) >= 11 is 0. The lowest BCUT2D eigenvalue weighted by molar-refractivity contribution is -0.142. The Kier molecular flexibility index (Phi) is 7.20. The fourth-order valence-corrected chi connectivity index (χ4v) is 5.25. The Labute approximate surface area is 224 Å². The molecule has 0 bridgehead atoms. The van der Waals surface area contributed by atoms with Gasteiger partial charge in [0.1, 0.15) is 18.0 Å².